The summed E-state index contributed by atoms with van der Waals surface area (Å²) in [6.45, 7) is 2.58. The van der Waals surface area contributed by atoms with Crippen LogP contribution in [0.3, 0.4) is 0 Å². The Labute approximate surface area is 180 Å². The van der Waals surface area contributed by atoms with Crippen molar-refractivity contribution in [1.82, 2.24) is 4.90 Å². The molecule has 0 N–H and O–H groups in total. The van der Waals surface area contributed by atoms with Crippen molar-refractivity contribution in [2.24, 2.45) is 0 Å². The highest BCUT2D eigenvalue weighted by molar-refractivity contribution is 5.97. The number of carbonyl (C=O) groups is 2. The topological polar surface area (TPSA) is 46.6 Å². The van der Waals surface area contributed by atoms with Crippen molar-refractivity contribution in [1.29, 1.82) is 0 Å². The molecule has 0 aliphatic carbocycles. The number of halogens is 4. The fraction of sp³-hybridized carbons (Fsp3) is 0.652. The van der Waals surface area contributed by atoms with Gasteiger partial charge in [-0.3, -0.25) is 4.79 Å². The second kappa shape index (κ2) is 12.1. The van der Waals surface area contributed by atoms with Gasteiger partial charge in [0.2, 0.25) is 0 Å². The number of esters is 1. The summed E-state index contributed by atoms with van der Waals surface area (Å²) in [5.41, 5.74) is -2.18. The van der Waals surface area contributed by atoms with Crippen molar-refractivity contribution in [3.63, 3.8) is 0 Å². The maximum atomic E-state index is 14.3. The first-order valence-corrected chi connectivity index (χ1v) is 11.1. The van der Waals surface area contributed by atoms with E-state index in [0.29, 0.717) is 18.9 Å². The van der Waals surface area contributed by atoms with Gasteiger partial charge in [0.15, 0.2) is 0 Å². The van der Waals surface area contributed by atoms with Gasteiger partial charge in [0, 0.05) is 6.54 Å². The molecular weight excluding hydrogens is 414 g/mol. The number of hydrogen-bond donors (Lipinski definition) is 0. The Morgan fingerprint density at radius 2 is 1.71 bits per heavy atom. The lowest BCUT2D eigenvalue weighted by Crippen LogP contribution is -2.42. The van der Waals surface area contributed by atoms with Crippen LogP contribution in [0.15, 0.2) is 18.2 Å². The molecule has 1 fully saturated rings. The van der Waals surface area contributed by atoms with Crippen LogP contribution >= 0.6 is 0 Å². The number of benzene rings is 1. The largest absolute Gasteiger partial charge is 0.464 e. The van der Waals surface area contributed by atoms with Crippen LogP contribution in [0.1, 0.15) is 87.1 Å². The van der Waals surface area contributed by atoms with Gasteiger partial charge in [0.1, 0.15) is 11.9 Å². The zero-order chi connectivity index (χ0) is 22.9. The molecule has 31 heavy (non-hydrogen) atoms. The monoisotopic (exact) mass is 445 g/mol. The third-order valence-electron chi connectivity index (χ3n) is 5.56. The van der Waals surface area contributed by atoms with E-state index < -0.39 is 41.0 Å². The van der Waals surface area contributed by atoms with Crippen LogP contribution in [0.4, 0.5) is 17.6 Å². The predicted octanol–water partition coefficient (Wildman–Crippen LogP) is 6.13. The van der Waals surface area contributed by atoms with E-state index in [-0.39, 0.29) is 13.2 Å². The van der Waals surface area contributed by atoms with Gasteiger partial charge in [-0.25, -0.2) is 9.18 Å². The third-order valence-corrected chi connectivity index (χ3v) is 5.56. The minimum Gasteiger partial charge on any atom is -0.464 e. The second-order valence-electron chi connectivity index (χ2n) is 7.96. The molecule has 174 valence electrons. The van der Waals surface area contributed by atoms with E-state index in [1.54, 1.807) is 0 Å². The average molecular weight is 445 g/mol. The van der Waals surface area contributed by atoms with Gasteiger partial charge in [-0.1, -0.05) is 57.9 Å². The van der Waals surface area contributed by atoms with E-state index in [9.17, 15) is 27.2 Å². The van der Waals surface area contributed by atoms with Crippen molar-refractivity contribution in [2.45, 2.75) is 83.4 Å². The molecule has 1 aromatic carbocycles. The number of amides is 1. The van der Waals surface area contributed by atoms with Crippen LogP contribution in [-0.4, -0.2) is 36.0 Å². The summed E-state index contributed by atoms with van der Waals surface area (Å²) in [6.07, 6.45) is 4.75. The molecule has 0 spiro atoms. The maximum absolute atomic E-state index is 14.3. The van der Waals surface area contributed by atoms with Gasteiger partial charge in [0.25, 0.3) is 5.91 Å². The first-order chi connectivity index (χ1) is 14.8. The molecule has 1 unspecified atom stereocenters. The molecule has 1 amide bonds. The Hall–Kier alpha value is -2.12. The van der Waals surface area contributed by atoms with Gasteiger partial charge < -0.3 is 9.64 Å². The predicted molar refractivity (Wildman–Crippen MR) is 109 cm³/mol. The third kappa shape index (κ3) is 7.21. The van der Waals surface area contributed by atoms with E-state index in [1.807, 2.05) is 0 Å². The summed E-state index contributed by atoms with van der Waals surface area (Å²) in [7, 11) is 0. The molecule has 0 aromatic heterocycles. The zero-order valence-electron chi connectivity index (χ0n) is 18.0. The van der Waals surface area contributed by atoms with E-state index in [0.717, 1.165) is 42.7 Å². The number of carbonyl (C=O) groups excluding carboxylic acids is 2. The van der Waals surface area contributed by atoms with E-state index >= 15 is 0 Å². The Balaban J connectivity index is 1.86. The Morgan fingerprint density at radius 3 is 2.35 bits per heavy atom. The summed E-state index contributed by atoms with van der Waals surface area (Å²) >= 11 is 0. The smallest absolute Gasteiger partial charge is 0.419 e. The lowest BCUT2D eigenvalue weighted by Gasteiger charge is -2.24. The molecule has 0 saturated carbocycles. The molecule has 0 radical (unpaired) electrons. The molecular formula is C23H31F4NO3. The maximum Gasteiger partial charge on any atom is 0.419 e. The highest BCUT2D eigenvalue weighted by atomic mass is 19.4. The molecule has 1 atom stereocenters. The van der Waals surface area contributed by atoms with Gasteiger partial charge in [0.05, 0.1) is 17.7 Å². The second-order valence-corrected chi connectivity index (χ2v) is 7.96. The minimum atomic E-state index is -4.90. The highest BCUT2D eigenvalue weighted by Crippen LogP contribution is 2.33. The molecule has 4 nitrogen and oxygen atoms in total. The zero-order valence-corrected chi connectivity index (χ0v) is 18.0. The van der Waals surface area contributed by atoms with Gasteiger partial charge >= 0.3 is 12.1 Å². The van der Waals surface area contributed by atoms with E-state index in [1.165, 1.54) is 25.7 Å². The molecule has 1 aromatic rings. The Bertz CT molecular complexity index is 736. The summed E-state index contributed by atoms with van der Waals surface area (Å²) in [5.74, 6) is -3.12. The number of ether oxygens (including phenoxy) is 1. The molecule has 2 rings (SSSR count). The normalized spacial score (nSPS) is 16.5. The number of alkyl halides is 3. The highest BCUT2D eigenvalue weighted by Gasteiger charge is 2.39. The van der Waals surface area contributed by atoms with Crippen LogP contribution in [0.25, 0.3) is 0 Å². The van der Waals surface area contributed by atoms with Gasteiger partial charge in [-0.2, -0.15) is 13.2 Å². The lowest BCUT2D eigenvalue weighted by molar-refractivity contribution is -0.148. The average Bonchev–Trinajstić information content (AvgIpc) is 3.21. The van der Waals surface area contributed by atoms with Crippen LogP contribution in [0.2, 0.25) is 0 Å². The fourth-order valence-corrected chi connectivity index (χ4v) is 3.83. The number of unbranched alkanes of at least 4 members (excludes halogenated alkanes) is 7. The number of likely N-dealkylation sites (tertiary alicyclic amines) is 1. The fourth-order valence-electron chi connectivity index (χ4n) is 3.83. The summed E-state index contributed by atoms with van der Waals surface area (Å²) < 4.78 is 58.4. The van der Waals surface area contributed by atoms with Crippen molar-refractivity contribution < 1.29 is 31.9 Å². The minimum absolute atomic E-state index is 0.173. The van der Waals surface area contributed by atoms with Crippen molar-refractivity contribution in [3.05, 3.63) is 35.1 Å². The number of rotatable bonds is 11. The Kier molecular flexibility index (Phi) is 9.78. The van der Waals surface area contributed by atoms with Crippen LogP contribution < -0.4 is 0 Å². The first-order valence-electron chi connectivity index (χ1n) is 11.1. The van der Waals surface area contributed by atoms with Crippen LogP contribution in [0.5, 0.6) is 0 Å². The molecule has 1 aliphatic rings. The standard InChI is InChI=1S/C23H31F4NO3/c1-2-3-4-5-6-7-8-9-16-31-22(30)19-14-11-15-28(19)21(29)17-12-10-13-18(20(17)24)23(25,26)27/h10,12-13,19H,2-9,11,14-16H2,1H3. The lowest BCUT2D eigenvalue weighted by atomic mass is 10.1. The van der Waals surface area contributed by atoms with Crippen molar-refractivity contribution in [2.75, 3.05) is 13.2 Å². The van der Waals surface area contributed by atoms with E-state index in [4.69, 9.17) is 4.74 Å². The molecule has 1 heterocycles. The molecule has 1 aliphatic heterocycles. The first kappa shape index (κ1) is 25.1. The summed E-state index contributed by atoms with van der Waals surface area (Å²) in [5, 5.41) is 0. The molecule has 1 saturated heterocycles. The van der Waals surface area contributed by atoms with Gasteiger partial charge in [-0.05, 0) is 31.4 Å². The van der Waals surface area contributed by atoms with Crippen molar-refractivity contribution >= 4 is 11.9 Å². The molecule has 0 bridgehead atoms. The summed E-state index contributed by atoms with van der Waals surface area (Å²) in [6, 6.07) is 1.69. The summed E-state index contributed by atoms with van der Waals surface area (Å²) in [4.78, 5) is 26.2. The SMILES string of the molecule is CCCCCCCCCCOC(=O)C1CCCN1C(=O)c1cccc(C(F)(F)F)c1F. The number of hydrogen-bond acceptors (Lipinski definition) is 3. The van der Waals surface area contributed by atoms with Crippen LogP contribution in [0, 0.1) is 5.82 Å². The van der Waals surface area contributed by atoms with Crippen LogP contribution in [-0.2, 0) is 15.7 Å². The number of nitrogens with zero attached hydrogens (tertiary/aromatic N) is 1. The van der Waals surface area contributed by atoms with E-state index in [2.05, 4.69) is 6.92 Å². The van der Waals surface area contributed by atoms with Crippen molar-refractivity contribution in [3.8, 4) is 0 Å². The molecule has 8 heteroatoms. The van der Waals surface area contributed by atoms with Gasteiger partial charge in [-0.15, -0.1) is 0 Å². The quantitative estimate of drug-likeness (QED) is 0.234. The Morgan fingerprint density at radius 1 is 1.06 bits per heavy atom.